The van der Waals surface area contributed by atoms with Gasteiger partial charge in [0.15, 0.2) is 5.76 Å². The molecule has 0 radical (unpaired) electrons. The average molecular weight is 343 g/mol. The van der Waals surface area contributed by atoms with Gasteiger partial charge in [-0.1, -0.05) is 0 Å². The maximum atomic E-state index is 12.0. The highest BCUT2D eigenvalue weighted by atomic mass is 16.5. The number of amides is 3. The van der Waals surface area contributed by atoms with Gasteiger partial charge in [0, 0.05) is 24.5 Å². The normalized spacial score (nSPS) is 16.4. The molecule has 3 N–H and O–H groups in total. The molecule has 1 aliphatic heterocycles. The van der Waals surface area contributed by atoms with E-state index >= 15 is 0 Å². The molecule has 1 atom stereocenters. The zero-order valence-electron chi connectivity index (χ0n) is 14.0. The topological polar surface area (TPSA) is 92.6 Å². The second-order valence-corrected chi connectivity index (χ2v) is 5.91. The summed E-state index contributed by atoms with van der Waals surface area (Å²) in [6, 6.07) is 9.94. The van der Waals surface area contributed by atoms with Crippen molar-refractivity contribution < 1.29 is 18.7 Å². The van der Waals surface area contributed by atoms with Crippen LogP contribution in [0.2, 0.25) is 0 Å². The van der Waals surface area contributed by atoms with Crippen molar-refractivity contribution in [3.05, 3.63) is 47.9 Å². The summed E-state index contributed by atoms with van der Waals surface area (Å²) in [7, 11) is 0. The van der Waals surface area contributed by atoms with E-state index < -0.39 is 0 Å². The third-order valence-corrected chi connectivity index (χ3v) is 3.88. The molecule has 1 aromatic carbocycles. The lowest BCUT2D eigenvalue weighted by Crippen LogP contribution is -2.35. The Hall–Kier alpha value is -2.80. The monoisotopic (exact) mass is 343 g/mol. The molecule has 0 aliphatic carbocycles. The number of ether oxygens (including phenoxy) is 1. The molecule has 1 aliphatic rings. The summed E-state index contributed by atoms with van der Waals surface area (Å²) in [5, 5.41) is 8.27. The lowest BCUT2D eigenvalue weighted by Gasteiger charge is -2.12. The van der Waals surface area contributed by atoms with Gasteiger partial charge < -0.3 is 25.1 Å². The summed E-state index contributed by atoms with van der Waals surface area (Å²) in [6.45, 7) is 3.04. The van der Waals surface area contributed by atoms with Crippen molar-refractivity contribution in [2.45, 2.75) is 25.9 Å². The fourth-order valence-electron chi connectivity index (χ4n) is 2.57. The Morgan fingerprint density at radius 1 is 1.08 bits per heavy atom. The second kappa shape index (κ2) is 7.85. The van der Waals surface area contributed by atoms with Gasteiger partial charge in [0.1, 0.15) is 5.76 Å². The average Bonchev–Trinajstić information content (AvgIpc) is 3.26. The largest absolute Gasteiger partial charge is 0.456 e. The van der Waals surface area contributed by atoms with Crippen molar-refractivity contribution in [2.75, 3.05) is 23.8 Å². The molecule has 25 heavy (non-hydrogen) atoms. The number of carbonyl (C=O) groups excluding carboxylic acids is 2. The zero-order valence-corrected chi connectivity index (χ0v) is 14.0. The third kappa shape index (κ3) is 4.84. The number of anilines is 2. The van der Waals surface area contributed by atoms with Crippen molar-refractivity contribution in [3.8, 4) is 0 Å². The molecule has 7 heteroatoms. The molecule has 0 spiro atoms. The SMILES string of the molecule is Cc1ccc(C(=O)Nc2ccc(NC(=O)NCC3CCCO3)cc2)o1. The number of benzene rings is 1. The standard InChI is InChI=1S/C18H21N3O4/c1-12-4-9-16(25-12)17(22)20-13-5-7-14(8-6-13)21-18(23)19-11-15-3-2-10-24-15/h4-9,15H,2-3,10-11H2,1H3,(H,20,22)(H2,19,21,23). The molecule has 132 valence electrons. The molecule has 3 amide bonds. The van der Waals surface area contributed by atoms with E-state index in [-0.39, 0.29) is 23.8 Å². The quantitative estimate of drug-likeness (QED) is 0.777. The van der Waals surface area contributed by atoms with E-state index in [0.717, 1.165) is 19.4 Å². The Morgan fingerprint density at radius 2 is 1.80 bits per heavy atom. The third-order valence-electron chi connectivity index (χ3n) is 3.88. The van der Waals surface area contributed by atoms with Crippen LogP contribution in [-0.2, 0) is 4.74 Å². The van der Waals surface area contributed by atoms with E-state index in [0.29, 0.717) is 23.7 Å². The molecule has 1 fully saturated rings. The molecule has 1 aromatic heterocycles. The minimum absolute atomic E-state index is 0.105. The number of carbonyl (C=O) groups is 2. The Balaban J connectivity index is 1.48. The molecule has 7 nitrogen and oxygen atoms in total. The van der Waals surface area contributed by atoms with Crippen LogP contribution in [0.15, 0.2) is 40.8 Å². The lowest BCUT2D eigenvalue weighted by molar-refractivity contribution is 0.0995. The minimum Gasteiger partial charge on any atom is -0.456 e. The van der Waals surface area contributed by atoms with Crippen LogP contribution in [0.5, 0.6) is 0 Å². The molecular weight excluding hydrogens is 322 g/mol. The van der Waals surface area contributed by atoms with Crippen LogP contribution in [0.1, 0.15) is 29.2 Å². The molecule has 0 saturated carbocycles. The highest BCUT2D eigenvalue weighted by Gasteiger charge is 2.16. The fraction of sp³-hybridized carbons (Fsp3) is 0.333. The molecular formula is C18H21N3O4. The van der Waals surface area contributed by atoms with E-state index in [2.05, 4.69) is 16.0 Å². The second-order valence-electron chi connectivity index (χ2n) is 5.91. The van der Waals surface area contributed by atoms with Gasteiger partial charge in [-0.3, -0.25) is 4.79 Å². The van der Waals surface area contributed by atoms with E-state index in [1.807, 2.05) is 0 Å². The van der Waals surface area contributed by atoms with Gasteiger partial charge in [-0.15, -0.1) is 0 Å². The lowest BCUT2D eigenvalue weighted by atomic mass is 10.2. The van der Waals surface area contributed by atoms with Gasteiger partial charge in [0.05, 0.1) is 6.10 Å². The van der Waals surface area contributed by atoms with Crippen molar-refractivity contribution in [3.63, 3.8) is 0 Å². The van der Waals surface area contributed by atoms with Crippen molar-refractivity contribution in [1.82, 2.24) is 5.32 Å². The van der Waals surface area contributed by atoms with E-state index in [1.165, 1.54) is 0 Å². The van der Waals surface area contributed by atoms with Crippen LogP contribution in [0, 0.1) is 6.92 Å². The van der Waals surface area contributed by atoms with Crippen molar-refractivity contribution >= 4 is 23.3 Å². The van der Waals surface area contributed by atoms with E-state index in [9.17, 15) is 9.59 Å². The number of furan rings is 1. The summed E-state index contributed by atoms with van der Waals surface area (Å²) >= 11 is 0. The number of urea groups is 1. The van der Waals surface area contributed by atoms with Crippen molar-refractivity contribution in [1.29, 1.82) is 0 Å². The maximum absolute atomic E-state index is 12.0. The van der Waals surface area contributed by atoms with Gasteiger partial charge in [0.2, 0.25) is 0 Å². The Bertz CT molecular complexity index is 733. The Labute approximate surface area is 145 Å². The first-order chi connectivity index (χ1) is 12.1. The fourth-order valence-corrected chi connectivity index (χ4v) is 2.57. The first-order valence-electron chi connectivity index (χ1n) is 8.24. The summed E-state index contributed by atoms with van der Waals surface area (Å²) in [6.07, 6.45) is 2.12. The van der Waals surface area contributed by atoms with Crippen LogP contribution < -0.4 is 16.0 Å². The summed E-state index contributed by atoms with van der Waals surface area (Å²) < 4.78 is 10.7. The smallest absolute Gasteiger partial charge is 0.319 e. The van der Waals surface area contributed by atoms with Crippen molar-refractivity contribution in [2.24, 2.45) is 0 Å². The van der Waals surface area contributed by atoms with Crippen LogP contribution in [0.4, 0.5) is 16.2 Å². The van der Waals surface area contributed by atoms with E-state index in [4.69, 9.17) is 9.15 Å². The van der Waals surface area contributed by atoms with Crippen LogP contribution >= 0.6 is 0 Å². The predicted molar refractivity (Wildman–Crippen MR) is 93.8 cm³/mol. The highest BCUT2D eigenvalue weighted by Crippen LogP contribution is 2.16. The van der Waals surface area contributed by atoms with Crippen LogP contribution in [-0.4, -0.2) is 31.2 Å². The van der Waals surface area contributed by atoms with Gasteiger partial charge in [-0.25, -0.2) is 4.79 Å². The van der Waals surface area contributed by atoms with E-state index in [1.54, 1.807) is 43.3 Å². The number of hydrogen-bond donors (Lipinski definition) is 3. The summed E-state index contributed by atoms with van der Waals surface area (Å²) in [5.41, 5.74) is 1.25. The maximum Gasteiger partial charge on any atom is 0.319 e. The number of hydrogen-bond acceptors (Lipinski definition) is 4. The molecule has 1 saturated heterocycles. The number of rotatable bonds is 5. The molecule has 2 aromatic rings. The molecule has 0 bridgehead atoms. The van der Waals surface area contributed by atoms with Gasteiger partial charge >= 0.3 is 6.03 Å². The number of aryl methyl sites for hydroxylation is 1. The summed E-state index contributed by atoms with van der Waals surface area (Å²) in [4.78, 5) is 23.9. The van der Waals surface area contributed by atoms with Crippen LogP contribution in [0.25, 0.3) is 0 Å². The first-order valence-corrected chi connectivity index (χ1v) is 8.24. The Morgan fingerprint density at radius 3 is 2.40 bits per heavy atom. The molecule has 3 rings (SSSR count). The highest BCUT2D eigenvalue weighted by molar-refractivity contribution is 6.02. The summed E-state index contributed by atoms with van der Waals surface area (Å²) in [5.74, 6) is 0.620. The predicted octanol–water partition coefficient (Wildman–Crippen LogP) is 3.14. The number of nitrogens with one attached hydrogen (secondary N) is 3. The van der Waals surface area contributed by atoms with Gasteiger partial charge in [-0.2, -0.15) is 0 Å². The minimum atomic E-state index is -0.317. The first kappa shape index (κ1) is 17.0. The van der Waals surface area contributed by atoms with Gasteiger partial charge in [-0.05, 0) is 56.2 Å². The van der Waals surface area contributed by atoms with Gasteiger partial charge in [0.25, 0.3) is 5.91 Å². The molecule has 2 heterocycles. The Kier molecular flexibility index (Phi) is 5.35. The van der Waals surface area contributed by atoms with Crippen LogP contribution in [0.3, 0.4) is 0 Å². The zero-order chi connectivity index (χ0) is 17.6. The molecule has 1 unspecified atom stereocenters.